The molecule has 0 spiro atoms. The maximum absolute atomic E-state index is 12.0. The molecule has 1 aliphatic carbocycles. The Bertz CT molecular complexity index is 371. The summed E-state index contributed by atoms with van der Waals surface area (Å²) in [5.74, 6) is -0.0238. The SMILES string of the molecule is O=c1nc(NF)ccn1C1CCCC1. The molecule has 2 rings (SSSR count). The molecule has 1 aromatic rings. The Morgan fingerprint density at radius 3 is 2.79 bits per heavy atom. The highest BCUT2D eigenvalue weighted by Gasteiger charge is 2.17. The van der Waals surface area contributed by atoms with E-state index in [1.807, 2.05) is 0 Å². The standard InChI is InChI=1S/C9H12FN3O/c10-12-8-5-6-13(9(14)11-8)7-3-1-2-4-7/h5-7H,1-4H2,(H,11,12,14). The topological polar surface area (TPSA) is 46.9 Å². The van der Waals surface area contributed by atoms with E-state index in [2.05, 4.69) is 4.98 Å². The summed E-state index contributed by atoms with van der Waals surface area (Å²) >= 11 is 0. The summed E-state index contributed by atoms with van der Waals surface area (Å²) in [6, 6.07) is 1.73. The van der Waals surface area contributed by atoms with E-state index in [9.17, 15) is 9.28 Å². The summed E-state index contributed by atoms with van der Waals surface area (Å²) < 4.78 is 13.5. The van der Waals surface area contributed by atoms with E-state index in [4.69, 9.17) is 0 Å². The van der Waals surface area contributed by atoms with Crippen LogP contribution in [0.5, 0.6) is 0 Å². The third-order valence-electron chi connectivity index (χ3n) is 2.64. The molecule has 0 radical (unpaired) electrons. The second kappa shape index (κ2) is 3.77. The van der Waals surface area contributed by atoms with Gasteiger partial charge in [-0.2, -0.15) is 4.98 Å². The molecule has 0 aliphatic heterocycles. The molecule has 1 aromatic heterocycles. The minimum absolute atomic E-state index is 0.0238. The number of rotatable bonds is 2. The number of hydrogen-bond donors (Lipinski definition) is 1. The van der Waals surface area contributed by atoms with Crippen LogP contribution in [0.2, 0.25) is 0 Å². The monoisotopic (exact) mass is 197 g/mol. The summed E-state index contributed by atoms with van der Waals surface area (Å²) in [6.45, 7) is 0. The van der Waals surface area contributed by atoms with Crippen molar-refractivity contribution < 1.29 is 4.48 Å². The summed E-state index contributed by atoms with van der Waals surface area (Å²) in [5.41, 5.74) is 0.986. The Labute approximate surface area is 80.7 Å². The molecule has 4 nitrogen and oxygen atoms in total. The molecule has 1 aliphatic rings. The first-order valence-electron chi connectivity index (χ1n) is 4.77. The summed E-state index contributed by atoms with van der Waals surface area (Å²) in [5, 5.41) is 0. The molecule has 1 fully saturated rings. The van der Waals surface area contributed by atoms with Gasteiger partial charge < -0.3 is 0 Å². The largest absolute Gasteiger partial charge is 0.349 e. The first-order valence-corrected chi connectivity index (χ1v) is 4.77. The van der Waals surface area contributed by atoms with Gasteiger partial charge in [-0.3, -0.25) is 4.57 Å². The molecule has 0 aromatic carbocycles. The molecule has 76 valence electrons. The van der Waals surface area contributed by atoms with E-state index in [0.29, 0.717) is 0 Å². The van der Waals surface area contributed by atoms with Gasteiger partial charge in [-0.05, 0) is 18.9 Å². The van der Waals surface area contributed by atoms with E-state index in [0.717, 1.165) is 25.7 Å². The van der Waals surface area contributed by atoms with Gasteiger partial charge >= 0.3 is 5.69 Å². The highest BCUT2D eigenvalue weighted by Crippen LogP contribution is 2.27. The first-order chi connectivity index (χ1) is 6.81. The molecule has 0 saturated heterocycles. The van der Waals surface area contributed by atoms with E-state index in [-0.39, 0.29) is 17.5 Å². The van der Waals surface area contributed by atoms with Crippen LogP contribution in [0.25, 0.3) is 0 Å². The lowest BCUT2D eigenvalue weighted by atomic mass is 10.2. The van der Waals surface area contributed by atoms with Crippen LogP contribution in [-0.2, 0) is 0 Å². The maximum Gasteiger partial charge on any atom is 0.349 e. The zero-order valence-electron chi connectivity index (χ0n) is 7.74. The molecule has 1 heterocycles. The van der Waals surface area contributed by atoms with Crippen LogP contribution in [0.4, 0.5) is 10.3 Å². The lowest BCUT2D eigenvalue weighted by Gasteiger charge is -2.11. The van der Waals surface area contributed by atoms with E-state index in [1.54, 1.807) is 10.8 Å². The van der Waals surface area contributed by atoms with Crippen LogP contribution >= 0.6 is 0 Å². The number of halogens is 1. The molecule has 0 bridgehead atoms. The van der Waals surface area contributed by atoms with Crippen LogP contribution < -0.4 is 11.2 Å². The van der Waals surface area contributed by atoms with Crippen molar-refractivity contribution in [1.29, 1.82) is 0 Å². The molecule has 0 amide bonds. The molecule has 14 heavy (non-hydrogen) atoms. The van der Waals surface area contributed by atoms with Gasteiger partial charge in [0.05, 0.1) is 0 Å². The number of nitrogens with one attached hydrogen (secondary N) is 1. The highest BCUT2D eigenvalue weighted by molar-refractivity contribution is 5.28. The van der Waals surface area contributed by atoms with E-state index < -0.39 is 0 Å². The van der Waals surface area contributed by atoms with Gasteiger partial charge in [-0.25, -0.2) is 10.3 Å². The predicted molar refractivity (Wildman–Crippen MR) is 50.7 cm³/mol. The first kappa shape index (κ1) is 9.18. The normalized spacial score (nSPS) is 17.2. The van der Waals surface area contributed by atoms with Crippen LogP contribution in [0.15, 0.2) is 17.1 Å². The van der Waals surface area contributed by atoms with Gasteiger partial charge in [0.2, 0.25) is 0 Å². The van der Waals surface area contributed by atoms with Crippen molar-refractivity contribution in [3.63, 3.8) is 0 Å². The fraction of sp³-hybridized carbons (Fsp3) is 0.556. The van der Waals surface area contributed by atoms with Gasteiger partial charge in [0, 0.05) is 12.2 Å². The molecule has 1 saturated carbocycles. The minimum Gasteiger partial charge on any atom is -0.296 e. The maximum atomic E-state index is 12.0. The van der Waals surface area contributed by atoms with Gasteiger partial charge in [-0.1, -0.05) is 12.8 Å². The van der Waals surface area contributed by atoms with Gasteiger partial charge in [0.1, 0.15) is 0 Å². The molecular formula is C9H12FN3O. The quantitative estimate of drug-likeness (QED) is 0.733. The van der Waals surface area contributed by atoms with Gasteiger partial charge in [-0.15, -0.1) is 4.48 Å². The Morgan fingerprint density at radius 2 is 2.21 bits per heavy atom. The fourth-order valence-corrected chi connectivity index (χ4v) is 1.93. The average molecular weight is 197 g/mol. The van der Waals surface area contributed by atoms with Crippen molar-refractivity contribution >= 4 is 5.82 Å². The van der Waals surface area contributed by atoms with Crippen LogP contribution in [0, 0.1) is 0 Å². The smallest absolute Gasteiger partial charge is 0.296 e. The molecule has 5 heteroatoms. The lowest BCUT2D eigenvalue weighted by Crippen LogP contribution is -2.25. The van der Waals surface area contributed by atoms with Crippen molar-refractivity contribution in [1.82, 2.24) is 9.55 Å². The second-order valence-corrected chi connectivity index (χ2v) is 3.54. The predicted octanol–water partition coefficient (Wildman–Crippen LogP) is 1.65. The van der Waals surface area contributed by atoms with Crippen molar-refractivity contribution in [3.05, 3.63) is 22.7 Å². The molecular weight excluding hydrogens is 185 g/mol. The molecule has 0 atom stereocenters. The Morgan fingerprint density at radius 1 is 1.50 bits per heavy atom. The average Bonchev–Trinajstić information content (AvgIpc) is 2.70. The van der Waals surface area contributed by atoms with Crippen molar-refractivity contribution in [2.75, 3.05) is 5.54 Å². The van der Waals surface area contributed by atoms with Crippen LogP contribution in [0.3, 0.4) is 0 Å². The second-order valence-electron chi connectivity index (χ2n) is 3.54. The molecule has 1 N–H and O–H groups in total. The molecule has 0 unspecified atom stereocenters. The lowest BCUT2D eigenvalue weighted by molar-refractivity contribution is 0.491. The van der Waals surface area contributed by atoms with E-state index >= 15 is 0 Å². The summed E-state index contributed by atoms with van der Waals surface area (Å²) in [7, 11) is 0. The number of hydrogen-bond acceptors (Lipinski definition) is 3. The van der Waals surface area contributed by atoms with Gasteiger partial charge in [0.15, 0.2) is 5.82 Å². The third kappa shape index (κ3) is 1.62. The van der Waals surface area contributed by atoms with Gasteiger partial charge in [0.25, 0.3) is 0 Å². The van der Waals surface area contributed by atoms with Crippen molar-refractivity contribution in [2.45, 2.75) is 31.7 Å². The number of aromatic nitrogens is 2. The van der Waals surface area contributed by atoms with Crippen molar-refractivity contribution in [2.24, 2.45) is 0 Å². The fourth-order valence-electron chi connectivity index (χ4n) is 1.93. The van der Waals surface area contributed by atoms with Crippen molar-refractivity contribution in [3.8, 4) is 0 Å². The highest BCUT2D eigenvalue weighted by atomic mass is 19.2. The number of anilines is 1. The minimum atomic E-state index is -0.375. The summed E-state index contributed by atoms with van der Waals surface area (Å²) in [6.07, 6.45) is 5.95. The zero-order valence-corrected chi connectivity index (χ0v) is 7.74. The summed E-state index contributed by atoms with van der Waals surface area (Å²) in [4.78, 5) is 15.0. The Balaban J connectivity index is 2.30. The van der Waals surface area contributed by atoms with Crippen LogP contribution in [-0.4, -0.2) is 9.55 Å². The Kier molecular flexibility index (Phi) is 2.47. The van der Waals surface area contributed by atoms with E-state index in [1.165, 1.54) is 11.6 Å². The zero-order chi connectivity index (χ0) is 9.97. The third-order valence-corrected chi connectivity index (χ3v) is 2.64. The van der Waals surface area contributed by atoms with Crippen LogP contribution in [0.1, 0.15) is 31.7 Å². The Hall–Kier alpha value is -1.39. The number of nitrogens with zero attached hydrogens (tertiary/aromatic N) is 2.